The third-order valence-corrected chi connectivity index (χ3v) is 4.26. The largest absolute Gasteiger partial charge is 0.504 e. The molecule has 0 aliphatic rings. The normalized spacial score (nSPS) is 10.5. The monoisotopic (exact) mass is 436 g/mol. The molecular weight excluding hydrogens is 404 g/mol. The Hall–Kier alpha value is -2.90. The summed E-state index contributed by atoms with van der Waals surface area (Å²) in [6.07, 6.45) is 3.02. The number of carbonyl (C=O) groups excluding carboxylic acids is 4. The number of ether oxygens (including phenoxy) is 3. The zero-order valence-electron chi connectivity index (χ0n) is 18.7. The van der Waals surface area contributed by atoms with Gasteiger partial charge >= 0.3 is 17.9 Å². The van der Waals surface area contributed by atoms with Gasteiger partial charge in [0.05, 0.1) is 17.7 Å². The molecule has 0 unspecified atom stereocenters. The lowest BCUT2D eigenvalue weighted by Gasteiger charge is -2.18. The van der Waals surface area contributed by atoms with E-state index in [1.54, 1.807) is 20.8 Å². The van der Waals surface area contributed by atoms with Gasteiger partial charge in [-0.2, -0.15) is 0 Å². The van der Waals surface area contributed by atoms with Crippen LogP contribution >= 0.6 is 0 Å². The van der Waals surface area contributed by atoms with E-state index >= 15 is 0 Å². The molecule has 0 saturated heterocycles. The molecular formula is C23H32O8. The van der Waals surface area contributed by atoms with Crippen molar-refractivity contribution in [2.75, 3.05) is 6.61 Å². The number of ketones is 1. The number of aromatic hydroxyl groups is 1. The predicted molar refractivity (Wildman–Crippen MR) is 114 cm³/mol. The van der Waals surface area contributed by atoms with Crippen LogP contribution in [0.25, 0.3) is 0 Å². The first-order chi connectivity index (χ1) is 14.8. The first-order valence-corrected chi connectivity index (χ1v) is 10.8. The molecule has 0 amide bonds. The third kappa shape index (κ3) is 7.70. The van der Waals surface area contributed by atoms with E-state index in [0.29, 0.717) is 25.7 Å². The van der Waals surface area contributed by atoms with Crippen LogP contribution in [0.2, 0.25) is 0 Å². The van der Waals surface area contributed by atoms with Gasteiger partial charge < -0.3 is 19.3 Å². The van der Waals surface area contributed by atoms with Crippen molar-refractivity contribution in [2.24, 2.45) is 0 Å². The molecule has 1 N–H and O–H groups in total. The van der Waals surface area contributed by atoms with Crippen molar-refractivity contribution in [3.63, 3.8) is 0 Å². The molecule has 8 heteroatoms. The van der Waals surface area contributed by atoms with Gasteiger partial charge in [-0.1, -0.05) is 34.1 Å². The quantitative estimate of drug-likeness (QED) is 0.204. The molecule has 172 valence electrons. The van der Waals surface area contributed by atoms with Crippen molar-refractivity contribution < 1.29 is 38.5 Å². The van der Waals surface area contributed by atoms with E-state index in [1.165, 1.54) is 0 Å². The second-order valence-corrected chi connectivity index (χ2v) is 7.09. The van der Waals surface area contributed by atoms with E-state index in [-0.39, 0.29) is 37.0 Å². The zero-order valence-corrected chi connectivity index (χ0v) is 18.7. The predicted octanol–water partition coefficient (Wildman–Crippen LogP) is 4.74. The molecule has 31 heavy (non-hydrogen) atoms. The Kier molecular flexibility index (Phi) is 11.3. The van der Waals surface area contributed by atoms with Gasteiger partial charge in [-0.15, -0.1) is 0 Å². The maximum Gasteiger partial charge on any atom is 0.339 e. The van der Waals surface area contributed by atoms with Gasteiger partial charge in [0, 0.05) is 19.3 Å². The molecule has 1 aromatic rings. The smallest absolute Gasteiger partial charge is 0.339 e. The molecule has 0 aromatic heterocycles. The second-order valence-electron chi connectivity index (χ2n) is 7.09. The van der Waals surface area contributed by atoms with E-state index < -0.39 is 40.9 Å². The maximum atomic E-state index is 12.9. The number of benzene rings is 1. The standard InChI is InChI=1S/C23H32O8/c1-5-9-13-29-23(28)15-14-17(25)21(30-18(26)11-7-3)22(31-19(27)12-8-4)20(15)16(24)10-6-2/h14,25H,5-13H2,1-4H3. The Morgan fingerprint density at radius 3 is 1.87 bits per heavy atom. The van der Waals surface area contributed by atoms with Crippen LogP contribution in [0.1, 0.15) is 99.8 Å². The second kappa shape index (κ2) is 13.4. The van der Waals surface area contributed by atoms with Gasteiger partial charge in [0.25, 0.3) is 0 Å². The van der Waals surface area contributed by atoms with Crippen LogP contribution in [-0.2, 0) is 14.3 Å². The summed E-state index contributed by atoms with van der Waals surface area (Å²) in [6.45, 7) is 7.39. The van der Waals surface area contributed by atoms with Crippen molar-refractivity contribution >= 4 is 23.7 Å². The molecule has 0 aliphatic carbocycles. The number of carbonyl (C=O) groups is 4. The first-order valence-electron chi connectivity index (χ1n) is 10.8. The van der Waals surface area contributed by atoms with Crippen LogP contribution in [-0.4, -0.2) is 35.4 Å². The SMILES string of the molecule is CCCCOC(=O)c1cc(O)c(OC(=O)CCC)c(OC(=O)CCC)c1C(=O)CCC. The van der Waals surface area contributed by atoms with E-state index in [0.717, 1.165) is 12.5 Å². The average Bonchev–Trinajstić information content (AvgIpc) is 2.70. The number of esters is 3. The molecule has 0 heterocycles. The highest BCUT2D eigenvalue weighted by Crippen LogP contribution is 2.43. The van der Waals surface area contributed by atoms with Gasteiger partial charge in [-0.3, -0.25) is 14.4 Å². The fourth-order valence-corrected chi connectivity index (χ4v) is 2.74. The van der Waals surface area contributed by atoms with Crippen molar-refractivity contribution in [2.45, 2.75) is 79.1 Å². The Balaban J connectivity index is 3.65. The van der Waals surface area contributed by atoms with E-state index in [2.05, 4.69) is 0 Å². The summed E-state index contributed by atoms with van der Waals surface area (Å²) in [5.41, 5.74) is -0.466. The number of unbranched alkanes of at least 4 members (excludes halogenated alkanes) is 1. The minimum Gasteiger partial charge on any atom is -0.504 e. The van der Waals surface area contributed by atoms with Crippen molar-refractivity contribution in [1.29, 1.82) is 0 Å². The van der Waals surface area contributed by atoms with E-state index in [4.69, 9.17) is 14.2 Å². The Labute approximate surface area is 182 Å². The third-order valence-electron chi connectivity index (χ3n) is 4.26. The zero-order chi connectivity index (χ0) is 23.4. The minimum absolute atomic E-state index is 0.0374. The molecule has 0 saturated carbocycles. The highest BCUT2D eigenvalue weighted by atomic mass is 16.6. The lowest BCUT2D eigenvalue weighted by Crippen LogP contribution is -2.19. The summed E-state index contributed by atoms with van der Waals surface area (Å²) in [7, 11) is 0. The molecule has 0 radical (unpaired) electrons. The average molecular weight is 437 g/mol. The topological polar surface area (TPSA) is 116 Å². The molecule has 0 bridgehead atoms. The van der Waals surface area contributed by atoms with Crippen molar-refractivity contribution in [3.8, 4) is 17.2 Å². The van der Waals surface area contributed by atoms with Crippen LogP contribution in [0.3, 0.4) is 0 Å². The molecule has 0 fully saturated rings. The van der Waals surface area contributed by atoms with Crippen LogP contribution in [0.15, 0.2) is 6.07 Å². The Morgan fingerprint density at radius 1 is 0.806 bits per heavy atom. The number of Topliss-reactive ketones (excluding diaryl/α,β-unsaturated/α-hetero) is 1. The number of rotatable bonds is 13. The number of phenols is 1. The number of phenolic OH excluding ortho intramolecular Hbond substituents is 1. The summed E-state index contributed by atoms with van der Waals surface area (Å²) in [5, 5.41) is 10.5. The summed E-state index contributed by atoms with van der Waals surface area (Å²) >= 11 is 0. The molecule has 1 aromatic carbocycles. The van der Waals surface area contributed by atoms with Crippen LogP contribution in [0.4, 0.5) is 0 Å². The van der Waals surface area contributed by atoms with Crippen LogP contribution in [0.5, 0.6) is 17.2 Å². The molecule has 0 atom stereocenters. The first kappa shape index (κ1) is 26.1. The molecule has 0 aliphatic heterocycles. The van der Waals surface area contributed by atoms with Gasteiger partial charge in [-0.25, -0.2) is 4.79 Å². The Bertz CT molecular complexity index is 797. The molecule has 8 nitrogen and oxygen atoms in total. The molecule has 0 spiro atoms. The van der Waals surface area contributed by atoms with Crippen molar-refractivity contribution in [3.05, 3.63) is 17.2 Å². The van der Waals surface area contributed by atoms with Crippen molar-refractivity contribution in [1.82, 2.24) is 0 Å². The lowest BCUT2D eigenvalue weighted by atomic mass is 9.98. The minimum atomic E-state index is -0.831. The van der Waals surface area contributed by atoms with Crippen LogP contribution < -0.4 is 9.47 Å². The number of hydrogen-bond donors (Lipinski definition) is 1. The summed E-state index contributed by atoms with van der Waals surface area (Å²) < 4.78 is 15.8. The van der Waals surface area contributed by atoms with Gasteiger partial charge in [0.15, 0.2) is 17.3 Å². The van der Waals surface area contributed by atoms with Gasteiger partial charge in [-0.05, 0) is 31.7 Å². The summed E-state index contributed by atoms with van der Waals surface area (Å²) in [6, 6.07) is 1.02. The highest BCUT2D eigenvalue weighted by molar-refractivity contribution is 6.10. The fourth-order valence-electron chi connectivity index (χ4n) is 2.74. The summed E-state index contributed by atoms with van der Waals surface area (Å²) in [5.74, 6) is -4.15. The molecule has 1 rings (SSSR count). The Morgan fingerprint density at radius 2 is 1.35 bits per heavy atom. The van der Waals surface area contributed by atoms with Gasteiger partial charge in [0.1, 0.15) is 0 Å². The van der Waals surface area contributed by atoms with Crippen LogP contribution in [0, 0.1) is 0 Å². The van der Waals surface area contributed by atoms with E-state index in [9.17, 15) is 24.3 Å². The fraction of sp³-hybridized carbons (Fsp3) is 0.565. The maximum absolute atomic E-state index is 12.9. The summed E-state index contributed by atoms with van der Waals surface area (Å²) in [4.78, 5) is 49.9. The highest BCUT2D eigenvalue weighted by Gasteiger charge is 2.31. The lowest BCUT2D eigenvalue weighted by molar-refractivity contribution is -0.137. The van der Waals surface area contributed by atoms with Gasteiger partial charge in [0.2, 0.25) is 5.75 Å². The number of hydrogen-bond acceptors (Lipinski definition) is 8. The van der Waals surface area contributed by atoms with E-state index in [1.807, 2.05) is 6.92 Å².